The lowest BCUT2D eigenvalue weighted by atomic mass is 10.1. The van der Waals surface area contributed by atoms with Crippen LogP contribution < -0.4 is 0 Å². The van der Waals surface area contributed by atoms with E-state index in [1.165, 1.54) is 17.7 Å². The van der Waals surface area contributed by atoms with Gasteiger partial charge in [0.05, 0.1) is 15.5 Å². The van der Waals surface area contributed by atoms with Gasteiger partial charge in [-0.3, -0.25) is 14.9 Å². The first-order valence-electron chi connectivity index (χ1n) is 7.69. The van der Waals surface area contributed by atoms with Gasteiger partial charge in [-0.25, -0.2) is 0 Å². The molecule has 0 bridgehead atoms. The topological polar surface area (TPSA) is 104 Å². The Balaban J connectivity index is 2.02. The Morgan fingerprint density at radius 1 is 1.15 bits per heavy atom. The number of nitro groups is 1. The van der Waals surface area contributed by atoms with E-state index in [0.29, 0.717) is 10.1 Å². The van der Waals surface area contributed by atoms with Crippen LogP contribution in [0, 0.1) is 24.0 Å². The number of nitrogens with zero attached hydrogens (tertiary/aromatic N) is 5. The predicted molar refractivity (Wildman–Crippen MR) is 95.9 cm³/mol. The van der Waals surface area contributed by atoms with Crippen molar-refractivity contribution in [3.63, 3.8) is 0 Å². The van der Waals surface area contributed by atoms with Crippen LogP contribution in [0.5, 0.6) is 0 Å². The molecule has 0 aliphatic carbocycles. The van der Waals surface area contributed by atoms with Gasteiger partial charge in [0, 0.05) is 11.6 Å². The monoisotopic (exact) mass is 369 g/mol. The second-order valence-corrected chi connectivity index (χ2v) is 6.83. The minimum absolute atomic E-state index is 0.155. The summed E-state index contributed by atoms with van der Waals surface area (Å²) in [5.74, 6) is -0.232. The van der Waals surface area contributed by atoms with Crippen LogP contribution in [0.15, 0.2) is 46.5 Å². The number of carbonyl (C=O) groups is 1. The normalized spacial score (nSPS) is 10.7. The summed E-state index contributed by atoms with van der Waals surface area (Å²) < 4.78 is 1.53. The molecule has 1 aromatic heterocycles. The van der Waals surface area contributed by atoms with Crippen molar-refractivity contribution in [1.29, 1.82) is 0 Å². The molecule has 2 aromatic carbocycles. The lowest BCUT2D eigenvalue weighted by Gasteiger charge is -2.07. The number of benzene rings is 2. The molecule has 0 radical (unpaired) electrons. The van der Waals surface area contributed by atoms with Gasteiger partial charge in [0.15, 0.2) is 5.78 Å². The molecule has 3 aromatic rings. The average molecular weight is 369 g/mol. The summed E-state index contributed by atoms with van der Waals surface area (Å²) in [6.45, 7) is 5.31. The van der Waals surface area contributed by atoms with Crippen LogP contribution in [0.4, 0.5) is 5.69 Å². The molecule has 0 amide bonds. The van der Waals surface area contributed by atoms with Crippen LogP contribution in [0.2, 0.25) is 0 Å². The fraction of sp³-hybridized carbons (Fsp3) is 0.176. The molecule has 8 nitrogen and oxygen atoms in total. The zero-order valence-corrected chi connectivity index (χ0v) is 15.1. The van der Waals surface area contributed by atoms with E-state index in [9.17, 15) is 14.9 Å². The van der Waals surface area contributed by atoms with Gasteiger partial charge in [-0.15, -0.1) is 5.10 Å². The van der Waals surface area contributed by atoms with Gasteiger partial charge in [-0.05, 0) is 78.4 Å². The van der Waals surface area contributed by atoms with Gasteiger partial charge in [0.1, 0.15) is 0 Å². The molecule has 0 fully saturated rings. The highest BCUT2D eigenvalue weighted by Crippen LogP contribution is 2.35. The van der Waals surface area contributed by atoms with Crippen LogP contribution in [-0.2, 0) is 0 Å². The Labute approximate surface area is 153 Å². The Kier molecular flexibility index (Phi) is 4.81. The smallest absolute Gasteiger partial charge is 0.284 e. The Morgan fingerprint density at radius 3 is 2.46 bits per heavy atom. The van der Waals surface area contributed by atoms with Crippen LogP contribution in [-0.4, -0.2) is 30.9 Å². The summed E-state index contributed by atoms with van der Waals surface area (Å²) >= 11 is 1.08. The highest BCUT2D eigenvalue weighted by Gasteiger charge is 2.20. The summed E-state index contributed by atoms with van der Waals surface area (Å²) in [4.78, 5) is 22.7. The molecule has 0 unspecified atom stereocenters. The summed E-state index contributed by atoms with van der Waals surface area (Å²) in [5.41, 5.74) is 3.03. The van der Waals surface area contributed by atoms with Crippen molar-refractivity contribution in [1.82, 2.24) is 20.2 Å². The SMILES string of the molecule is CC(=O)c1ccc(Sc2nnnn2-c2cc(C)cc(C)c2)c([N+](=O)[O-])c1. The zero-order chi connectivity index (χ0) is 18.8. The highest BCUT2D eigenvalue weighted by molar-refractivity contribution is 7.99. The maximum Gasteiger partial charge on any atom is 0.284 e. The molecule has 0 N–H and O–H groups in total. The number of nitro benzene ring substituents is 1. The first-order chi connectivity index (χ1) is 12.3. The third-order valence-electron chi connectivity index (χ3n) is 3.66. The van der Waals surface area contributed by atoms with Crippen molar-refractivity contribution in [3.8, 4) is 5.69 Å². The summed E-state index contributed by atoms with van der Waals surface area (Å²) in [7, 11) is 0. The number of tetrazole rings is 1. The molecular weight excluding hydrogens is 354 g/mol. The number of aromatic nitrogens is 4. The summed E-state index contributed by atoms with van der Waals surface area (Å²) in [5, 5.41) is 23.5. The van der Waals surface area contributed by atoms with Crippen molar-refractivity contribution in [2.45, 2.75) is 30.8 Å². The molecule has 0 spiro atoms. The number of Topliss-reactive ketones (excluding diaryl/α,β-unsaturated/α-hetero) is 1. The van der Waals surface area contributed by atoms with E-state index in [1.807, 2.05) is 32.0 Å². The molecular formula is C17H15N5O3S. The van der Waals surface area contributed by atoms with Gasteiger partial charge < -0.3 is 0 Å². The lowest BCUT2D eigenvalue weighted by molar-refractivity contribution is -0.387. The van der Waals surface area contributed by atoms with Gasteiger partial charge in [0.2, 0.25) is 5.16 Å². The van der Waals surface area contributed by atoms with Gasteiger partial charge in [0.25, 0.3) is 5.69 Å². The van der Waals surface area contributed by atoms with Crippen molar-refractivity contribution < 1.29 is 9.72 Å². The maximum absolute atomic E-state index is 11.5. The fourth-order valence-corrected chi connectivity index (χ4v) is 3.42. The molecule has 0 saturated heterocycles. The molecule has 26 heavy (non-hydrogen) atoms. The highest BCUT2D eigenvalue weighted by atomic mass is 32.2. The molecule has 1 heterocycles. The van der Waals surface area contributed by atoms with Crippen molar-refractivity contribution >= 4 is 23.2 Å². The van der Waals surface area contributed by atoms with Crippen LogP contribution in [0.3, 0.4) is 0 Å². The maximum atomic E-state index is 11.5. The van der Waals surface area contributed by atoms with E-state index in [2.05, 4.69) is 15.5 Å². The number of hydrogen-bond donors (Lipinski definition) is 0. The van der Waals surface area contributed by atoms with E-state index < -0.39 is 4.92 Å². The van der Waals surface area contributed by atoms with E-state index in [0.717, 1.165) is 28.6 Å². The first-order valence-corrected chi connectivity index (χ1v) is 8.51. The minimum atomic E-state index is -0.514. The van der Waals surface area contributed by atoms with Gasteiger partial charge in [-0.2, -0.15) is 4.68 Å². The van der Waals surface area contributed by atoms with Crippen molar-refractivity contribution in [2.75, 3.05) is 0 Å². The lowest BCUT2D eigenvalue weighted by Crippen LogP contribution is -2.01. The van der Waals surface area contributed by atoms with Crippen molar-refractivity contribution in [3.05, 3.63) is 63.2 Å². The molecule has 3 rings (SSSR count). The number of ketones is 1. The number of hydrogen-bond acceptors (Lipinski definition) is 7. The second-order valence-electron chi connectivity index (χ2n) is 5.82. The third-order valence-corrected chi connectivity index (χ3v) is 4.66. The van der Waals surface area contributed by atoms with Crippen LogP contribution >= 0.6 is 11.8 Å². The first kappa shape index (κ1) is 17.7. The Morgan fingerprint density at radius 2 is 1.85 bits per heavy atom. The second kappa shape index (κ2) is 7.04. The standard InChI is InChI=1S/C17H15N5O3S/c1-10-6-11(2)8-14(7-10)21-17(18-19-20-21)26-16-5-4-13(12(3)23)9-15(16)22(24)25/h4-9H,1-3H3. The molecule has 0 aliphatic rings. The third kappa shape index (κ3) is 3.62. The van der Waals surface area contributed by atoms with E-state index in [4.69, 9.17) is 0 Å². The molecule has 0 aliphatic heterocycles. The number of aryl methyl sites for hydroxylation is 2. The van der Waals surface area contributed by atoms with Crippen LogP contribution in [0.25, 0.3) is 5.69 Å². The largest absolute Gasteiger partial charge is 0.295 e. The van der Waals surface area contributed by atoms with Crippen LogP contribution in [0.1, 0.15) is 28.4 Å². The molecule has 132 valence electrons. The Hall–Kier alpha value is -3.07. The van der Waals surface area contributed by atoms with E-state index in [-0.39, 0.29) is 17.0 Å². The van der Waals surface area contributed by atoms with E-state index in [1.54, 1.807) is 12.1 Å². The van der Waals surface area contributed by atoms with Crippen molar-refractivity contribution in [2.24, 2.45) is 0 Å². The van der Waals surface area contributed by atoms with Gasteiger partial charge in [-0.1, -0.05) is 6.07 Å². The van der Waals surface area contributed by atoms with Gasteiger partial charge >= 0.3 is 0 Å². The van der Waals surface area contributed by atoms with E-state index >= 15 is 0 Å². The minimum Gasteiger partial charge on any atom is -0.295 e. The number of rotatable bonds is 5. The molecule has 0 saturated carbocycles. The average Bonchev–Trinajstić information content (AvgIpc) is 3.02. The predicted octanol–water partition coefficient (Wildman–Crippen LogP) is 3.54. The Bertz CT molecular complexity index is 995. The zero-order valence-electron chi connectivity index (χ0n) is 14.3. The fourth-order valence-electron chi connectivity index (χ4n) is 2.54. The summed E-state index contributed by atoms with van der Waals surface area (Å²) in [6, 6.07) is 10.3. The quantitative estimate of drug-likeness (QED) is 0.385. The summed E-state index contributed by atoms with van der Waals surface area (Å²) in [6.07, 6.45) is 0. The molecule has 0 atom stereocenters. The molecule has 9 heteroatoms. The number of carbonyl (C=O) groups excluding carboxylic acids is 1.